The van der Waals surface area contributed by atoms with Gasteiger partial charge in [-0.1, -0.05) is 6.07 Å². The largest absolute Gasteiger partial charge is 0.352 e. The van der Waals surface area contributed by atoms with Gasteiger partial charge in [-0.3, -0.25) is 19.7 Å². The maximum absolute atomic E-state index is 12.0. The molecule has 1 saturated heterocycles. The zero-order chi connectivity index (χ0) is 16.1. The van der Waals surface area contributed by atoms with Crippen LogP contribution in [0.15, 0.2) is 18.2 Å². The molecule has 7 nitrogen and oxygen atoms in total. The fourth-order valence-electron chi connectivity index (χ4n) is 2.46. The van der Waals surface area contributed by atoms with Crippen molar-refractivity contribution in [3.8, 4) is 0 Å². The SMILES string of the molecule is Cc1ccc(C(=O)NCCC(=O)N2CCCC2)cc1[N+](=O)[O-]. The summed E-state index contributed by atoms with van der Waals surface area (Å²) in [6.45, 7) is 3.43. The topological polar surface area (TPSA) is 92.6 Å². The van der Waals surface area contributed by atoms with Gasteiger partial charge in [0.2, 0.25) is 5.91 Å². The average Bonchev–Trinajstić information content (AvgIpc) is 3.01. The minimum absolute atomic E-state index is 0.0349. The Morgan fingerprint density at radius 2 is 2.00 bits per heavy atom. The van der Waals surface area contributed by atoms with Gasteiger partial charge in [-0.2, -0.15) is 0 Å². The zero-order valence-electron chi connectivity index (χ0n) is 12.5. The molecule has 7 heteroatoms. The summed E-state index contributed by atoms with van der Waals surface area (Å²) in [6.07, 6.45) is 2.32. The molecule has 0 radical (unpaired) electrons. The third kappa shape index (κ3) is 3.81. The Bertz CT molecular complexity index is 594. The highest BCUT2D eigenvalue weighted by Gasteiger charge is 2.18. The number of nitrogens with one attached hydrogen (secondary N) is 1. The van der Waals surface area contributed by atoms with Crippen LogP contribution in [0.5, 0.6) is 0 Å². The number of nitrogens with zero attached hydrogens (tertiary/aromatic N) is 2. The van der Waals surface area contributed by atoms with Crippen molar-refractivity contribution in [3.05, 3.63) is 39.4 Å². The van der Waals surface area contributed by atoms with E-state index in [1.165, 1.54) is 6.07 Å². The molecule has 1 N–H and O–H groups in total. The van der Waals surface area contributed by atoms with E-state index in [0.29, 0.717) is 5.56 Å². The Kier molecular flexibility index (Phi) is 5.08. The molecule has 0 atom stereocenters. The number of benzene rings is 1. The Balaban J connectivity index is 1.88. The lowest BCUT2D eigenvalue weighted by molar-refractivity contribution is -0.385. The molecule has 2 rings (SSSR count). The molecule has 0 aliphatic carbocycles. The Hall–Kier alpha value is -2.44. The van der Waals surface area contributed by atoms with Crippen LogP contribution in [-0.2, 0) is 4.79 Å². The van der Waals surface area contributed by atoms with Gasteiger partial charge in [-0.15, -0.1) is 0 Å². The molecule has 1 aromatic rings. The van der Waals surface area contributed by atoms with Crippen LogP contribution in [0, 0.1) is 17.0 Å². The predicted octanol–water partition coefficient (Wildman–Crippen LogP) is 1.65. The van der Waals surface area contributed by atoms with Crippen LogP contribution in [0.25, 0.3) is 0 Å². The van der Waals surface area contributed by atoms with Crippen LogP contribution >= 0.6 is 0 Å². The first-order valence-electron chi connectivity index (χ1n) is 7.30. The highest BCUT2D eigenvalue weighted by Crippen LogP contribution is 2.19. The molecule has 0 saturated carbocycles. The minimum atomic E-state index is -0.511. The molecule has 0 unspecified atom stereocenters. The van der Waals surface area contributed by atoms with E-state index in [2.05, 4.69) is 5.32 Å². The fourth-order valence-corrected chi connectivity index (χ4v) is 2.46. The van der Waals surface area contributed by atoms with Crippen LogP contribution in [0.4, 0.5) is 5.69 Å². The van der Waals surface area contributed by atoms with E-state index in [1.54, 1.807) is 24.0 Å². The minimum Gasteiger partial charge on any atom is -0.352 e. The second-order valence-electron chi connectivity index (χ2n) is 5.35. The summed E-state index contributed by atoms with van der Waals surface area (Å²) in [5.74, 6) is -0.370. The van der Waals surface area contributed by atoms with Crippen molar-refractivity contribution in [2.75, 3.05) is 19.6 Å². The van der Waals surface area contributed by atoms with E-state index in [9.17, 15) is 19.7 Å². The second-order valence-corrected chi connectivity index (χ2v) is 5.35. The number of amides is 2. The van der Waals surface area contributed by atoms with Crippen LogP contribution in [0.2, 0.25) is 0 Å². The summed E-state index contributed by atoms with van der Waals surface area (Å²) < 4.78 is 0. The van der Waals surface area contributed by atoms with E-state index in [0.717, 1.165) is 25.9 Å². The second kappa shape index (κ2) is 7.02. The number of nitro groups is 1. The first-order chi connectivity index (χ1) is 10.5. The van der Waals surface area contributed by atoms with Gasteiger partial charge < -0.3 is 10.2 Å². The zero-order valence-corrected chi connectivity index (χ0v) is 12.5. The lowest BCUT2D eigenvalue weighted by Crippen LogP contribution is -2.32. The first kappa shape index (κ1) is 15.9. The number of rotatable bonds is 5. The van der Waals surface area contributed by atoms with Gasteiger partial charge in [0.05, 0.1) is 4.92 Å². The Morgan fingerprint density at radius 1 is 1.32 bits per heavy atom. The molecule has 118 valence electrons. The molecule has 1 aromatic carbocycles. The van der Waals surface area contributed by atoms with Gasteiger partial charge in [0.1, 0.15) is 0 Å². The van der Waals surface area contributed by atoms with Crippen molar-refractivity contribution in [2.45, 2.75) is 26.2 Å². The average molecular weight is 305 g/mol. The number of carbonyl (C=O) groups is 2. The lowest BCUT2D eigenvalue weighted by atomic mass is 10.1. The van der Waals surface area contributed by atoms with Crippen LogP contribution < -0.4 is 5.32 Å². The number of hydrogen-bond donors (Lipinski definition) is 1. The number of aryl methyl sites for hydroxylation is 1. The number of carbonyl (C=O) groups excluding carboxylic acids is 2. The van der Waals surface area contributed by atoms with Crippen LogP contribution in [0.3, 0.4) is 0 Å². The molecule has 0 aromatic heterocycles. The van der Waals surface area contributed by atoms with Gasteiger partial charge in [0.15, 0.2) is 0 Å². The number of nitro benzene ring substituents is 1. The van der Waals surface area contributed by atoms with Crippen molar-refractivity contribution in [1.29, 1.82) is 0 Å². The summed E-state index contributed by atoms with van der Waals surface area (Å²) >= 11 is 0. The van der Waals surface area contributed by atoms with Crippen molar-refractivity contribution in [3.63, 3.8) is 0 Å². The number of likely N-dealkylation sites (tertiary alicyclic amines) is 1. The molecule has 1 fully saturated rings. The monoisotopic (exact) mass is 305 g/mol. The van der Waals surface area contributed by atoms with E-state index < -0.39 is 10.8 Å². The quantitative estimate of drug-likeness (QED) is 0.661. The first-order valence-corrected chi connectivity index (χ1v) is 7.30. The van der Waals surface area contributed by atoms with Crippen molar-refractivity contribution in [1.82, 2.24) is 10.2 Å². The van der Waals surface area contributed by atoms with E-state index in [-0.39, 0.29) is 30.1 Å². The third-order valence-corrected chi connectivity index (χ3v) is 3.75. The normalized spacial score (nSPS) is 14.0. The Labute approximate surface area is 128 Å². The Morgan fingerprint density at radius 3 is 2.64 bits per heavy atom. The van der Waals surface area contributed by atoms with Gasteiger partial charge in [-0.25, -0.2) is 0 Å². The van der Waals surface area contributed by atoms with Crippen LogP contribution in [-0.4, -0.2) is 41.3 Å². The summed E-state index contributed by atoms with van der Waals surface area (Å²) in [5.41, 5.74) is 0.650. The van der Waals surface area contributed by atoms with Gasteiger partial charge in [-0.05, 0) is 25.8 Å². The maximum Gasteiger partial charge on any atom is 0.273 e. The standard InChI is InChI=1S/C15H19N3O4/c1-11-4-5-12(10-13(11)18(21)22)15(20)16-7-6-14(19)17-8-2-3-9-17/h4-5,10H,2-3,6-9H2,1H3,(H,16,20). The molecule has 1 aliphatic rings. The molecular weight excluding hydrogens is 286 g/mol. The molecular formula is C15H19N3O4. The molecule has 1 heterocycles. The van der Waals surface area contributed by atoms with Gasteiger partial charge >= 0.3 is 0 Å². The molecule has 0 spiro atoms. The number of hydrogen-bond acceptors (Lipinski definition) is 4. The summed E-state index contributed by atoms with van der Waals surface area (Å²) in [4.78, 5) is 36.0. The highest BCUT2D eigenvalue weighted by atomic mass is 16.6. The molecule has 2 amide bonds. The van der Waals surface area contributed by atoms with E-state index >= 15 is 0 Å². The lowest BCUT2D eigenvalue weighted by Gasteiger charge is -2.15. The predicted molar refractivity (Wildman–Crippen MR) is 80.6 cm³/mol. The molecule has 22 heavy (non-hydrogen) atoms. The summed E-state index contributed by atoms with van der Waals surface area (Å²) in [6, 6.07) is 4.34. The van der Waals surface area contributed by atoms with Crippen LogP contribution in [0.1, 0.15) is 35.2 Å². The third-order valence-electron chi connectivity index (χ3n) is 3.75. The molecule has 0 bridgehead atoms. The van der Waals surface area contributed by atoms with Crippen molar-refractivity contribution < 1.29 is 14.5 Å². The van der Waals surface area contributed by atoms with Gasteiger partial charge in [0.25, 0.3) is 11.6 Å². The van der Waals surface area contributed by atoms with E-state index in [4.69, 9.17) is 0 Å². The maximum atomic E-state index is 12.0. The summed E-state index contributed by atoms with van der Waals surface area (Å²) in [5, 5.41) is 13.5. The van der Waals surface area contributed by atoms with Crippen molar-refractivity contribution in [2.24, 2.45) is 0 Å². The smallest absolute Gasteiger partial charge is 0.273 e. The molecule has 1 aliphatic heterocycles. The van der Waals surface area contributed by atoms with Crippen molar-refractivity contribution >= 4 is 17.5 Å². The fraction of sp³-hybridized carbons (Fsp3) is 0.467. The van der Waals surface area contributed by atoms with Gasteiger partial charge in [0, 0.05) is 43.2 Å². The van der Waals surface area contributed by atoms with E-state index in [1.807, 2.05) is 0 Å². The summed E-state index contributed by atoms with van der Waals surface area (Å²) in [7, 11) is 0. The highest BCUT2D eigenvalue weighted by molar-refractivity contribution is 5.95.